The van der Waals surface area contributed by atoms with E-state index in [1.807, 2.05) is 19.1 Å². The fourth-order valence-corrected chi connectivity index (χ4v) is 1.57. The van der Waals surface area contributed by atoms with Crippen molar-refractivity contribution in [2.75, 3.05) is 0 Å². The van der Waals surface area contributed by atoms with E-state index in [4.69, 9.17) is 16.8 Å². The summed E-state index contributed by atoms with van der Waals surface area (Å²) in [5, 5.41) is 9.20. The van der Waals surface area contributed by atoms with Crippen LogP contribution in [0.2, 0.25) is 5.02 Å². The first-order valence-electron chi connectivity index (χ1n) is 3.46. The van der Waals surface area contributed by atoms with Crippen LogP contribution in [0, 0.1) is 6.92 Å². The SMILES string of the molecule is Cc1cc(Cl)c(Br)cc1CNO. The van der Waals surface area contributed by atoms with E-state index in [0.717, 1.165) is 15.6 Å². The lowest BCUT2D eigenvalue weighted by molar-refractivity contribution is 0.161. The summed E-state index contributed by atoms with van der Waals surface area (Å²) in [6.07, 6.45) is 0. The summed E-state index contributed by atoms with van der Waals surface area (Å²) in [7, 11) is 0. The van der Waals surface area contributed by atoms with Gasteiger partial charge in [-0.25, -0.2) is 5.48 Å². The Bertz CT molecular complexity index is 291. The third kappa shape index (κ3) is 2.20. The highest BCUT2D eigenvalue weighted by Gasteiger charge is 2.02. The zero-order valence-electron chi connectivity index (χ0n) is 6.56. The highest BCUT2D eigenvalue weighted by molar-refractivity contribution is 9.10. The zero-order chi connectivity index (χ0) is 9.14. The molecule has 4 heteroatoms. The van der Waals surface area contributed by atoms with Crippen LogP contribution in [0.15, 0.2) is 16.6 Å². The van der Waals surface area contributed by atoms with Gasteiger partial charge in [0.2, 0.25) is 0 Å². The lowest BCUT2D eigenvalue weighted by Gasteiger charge is -2.06. The molecule has 0 aliphatic heterocycles. The molecule has 1 aromatic carbocycles. The molecule has 1 rings (SSSR count). The first kappa shape index (κ1) is 9.99. The Labute approximate surface area is 84.6 Å². The normalized spacial score (nSPS) is 10.3. The number of hydroxylamine groups is 1. The van der Waals surface area contributed by atoms with E-state index < -0.39 is 0 Å². The smallest absolute Gasteiger partial charge is 0.0550 e. The monoisotopic (exact) mass is 249 g/mol. The van der Waals surface area contributed by atoms with Crippen LogP contribution < -0.4 is 5.48 Å². The minimum atomic E-state index is 0.432. The summed E-state index contributed by atoms with van der Waals surface area (Å²) >= 11 is 9.17. The van der Waals surface area contributed by atoms with Crippen LogP contribution >= 0.6 is 27.5 Å². The Morgan fingerprint density at radius 1 is 1.58 bits per heavy atom. The van der Waals surface area contributed by atoms with Crippen molar-refractivity contribution >= 4 is 27.5 Å². The molecule has 0 aromatic heterocycles. The van der Waals surface area contributed by atoms with E-state index >= 15 is 0 Å². The number of hydrogen-bond acceptors (Lipinski definition) is 2. The maximum absolute atomic E-state index is 8.51. The molecule has 0 heterocycles. The van der Waals surface area contributed by atoms with Gasteiger partial charge in [-0.05, 0) is 46.1 Å². The van der Waals surface area contributed by atoms with Gasteiger partial charge in [0.25, 0.3) is 0 Å². The fraction of sp³-hybridized carbons (Fsp3) is 0.250. The van der Waals surface area contributed by atoms with Crippen molar-refractivity contribution in [3.63, 3.8) is 0 Å². The molecule has 0 saturated carbocycles. The molecule has 0 aliphatic carbocycles. The summed E-state index contributed by atoms with van der Waals surface area (Å²) in [5.41, 5.74) is 4.19. The molecular formula is C8H9BrClNO. The predicted octanol–water partition coefficient (Wildman–Crippen LogP) is 2.89. The van der Waals surface area contributed by atoms with Gasteiger partial charge in [0.15, 0.2) is 0 Å². The van der Waals surface area contributed by atoms with E-state index in [-0.39, 0.29) is 0 Å². The number of nitrogens with one attached hydrogen (secondary N) is 1. The Morgan fingerprint density at radius 2 is 2.25 bits per heavy atom. The zero-order valence-corrected chi connectivity index (χ0v) is 8.91. The van der Waals surface area contributed by atoms with E-state index in [2.05, 4.69) is 21.4 Å². The van der Waals surface area contributed by atoms with Crippen LogP contribution in [-0.4, -0.2) is 5.21 Å². The van der Waals surface area contributed by atoms with Crippen LogP contribution in [-0.2, 0) is 6.54 Å². The minimum Gasteiger partial charge on any atom is -0.316 e. The fourth-order valence-electron chi connectivity index (χ4n) is 0.963. The molecular weight excluding hydrogens is 241 g/mol. The Balaban J connectivity index is 3.05. The van der Waals surface area contributed by atoms with Crippen molar-refractivity contribution in [2.45, 2.75) is 13.5 Å². The lowest BCUT2D eigenvalue weighted by Crippen LogP contribution is -2.07. The largest absolute Gasteiger partial charge is 0.316 e. The number of halogens is 2. The number of aryl methyl sites for hydroxylation is 1. The van der Waals surface area contributed by atoms with Gasteiger partial charge in [-0.15, -0.1) is 0 Å². The molecule has 0 unspecified atom stereocenters. The van der Waals surface area contributed by atoms with E-state index in [9.17, 15) is 0 Å². The second-order valence-corrected chi connectivity index (χ2v) is 3.79. The predicted molar refractivity (Wildman–Crippen MR) is 52.5 cm³/mol. The van der Waals surface area contributed by atoms with Gasteiger partial charge >= 0.3 is 0 Å². The topological polar surface area (TPSA) is 32.3 Å². The van der Waals surface area contributed by atoms with Crippen molar-refractivity contribution in [1.29, 1.82) is 0 Å². The molecule has 1 aromatic rings. The number of benzene rings is 1. The molecule has 2 nitrogen and oxygen atoms in total. The van der Waals surface area contributed by atoms with Crippen molar-refractivity contribution in [3.05, 3.63) is 32.8 Å². The molecule has 0 bridgehead atoms. The Morgan fingerprint density at radius 3 is 2.83 bits per heavy atom. The van der Waals surface area contributed by atoms with E-state index in [1.165, 1.54) is 0 Å². The summed E-state index contributed by atoms with van der Waals surface area (Å²) < 4.78 is 0.847. The first-order valence-corrected chi connectivity index (χ1v) is 4.63. The second kappa shape index (κ2) is 4.23. The van der Waals surface area contributed by atoms with Gasteiger partial charge in [0, 0.05) is 11.0 Å². The van der Waals surface area contributed by atoms with E-state index in [1.54, 1.807) is 0 Å². The third-order valence-electron chi connectivity index (χ3n) is 1.65. The molecule has 2 N–H and O–H groups in total. The lowest BCUT2D eigenvalue weighted by atomic mass is 10.1. The summed E-state index contributed by atoms with van der Waals surface area (Å²) in [6.45, 7) is 2.38. The van der Waals surface area contributed by atoms with Crippen molar-refractivity contribution in [2.24, 2.45) is 0 Å². The molecule has 0 atom stereocenters. The average Bonchev–Trinajstić information content (AvgIpc) is 2.01. The van der Waals surface area contributed by atoms with Crippen molar-refractivity contribution in [1.82, 2.24) is 5.48 Å². The van der Waals surface area contributed by atoms with Crippen LogP contribution in [0.4, 0.5) is 0 Å². The van der Waals surface area contributed by atoms with Crippen molar-refractivity contribution < 1.29 is 5.21 Å². The van der Waals surface area contributed by atoms with Gasteiger partial charge in [-0.2, -0.15) is 0 Å². The van der Waals surface area contributed by atoms with Gasteiger partial charge in [-0.1, -0.05) is 11.6 Å². The standard InChI is InChI=1S/C8H9BrClNO/c1-5-2-8(10)7(9)3-6(5)4-11-12/h2-3,11-12H,4H2,1H3. The molecule has 0 spiro atoms. The quantitative estimate of drug-likeness (QED) is 0.791. The van der Waals surface area contributed by atoms with Gasteiger partial charge in [0.1, 0.15) is 0 Å². The van der Waals surface area contributed by atoms with Gasteiger partial charge in [0.05, 0.1) is 5.02 Å². The minimum absolute atomic E-state index is 0.432. The molecule has 0 saturated heterocycles. The summed E-state index contributed by atoms with van der Waals surface area (Å²) in [6, 6.07) is 3.75. The van der Waals surface area contributed by atoms with Crippen LogP contribution in [0.1, 0.15) is 11.1 Å². The molecule has 0 amide bonds. The maximum Gasteiger partial charge on any atom is 0.0550 e. The molecule has 66 valence electrons. The molecule has 0 aliphatic rings. The molecule has 12 heavy (non-hydrogen) atoms. The first-order chi connectivity index (χ1) is 5.65. The maximum atomic E-state index is 8.51. The highest BCUT2D eigenvalue weighted by Crippen LogP contribution is 2.25. The van der Waals surface area contributed by atoms with Crippen LogP contribution in [0.3, 0.4) is 0 Å². The Kier molecular flexibility index (Phi) is 3.53. The Hall–Kier alpha value is -0.0900. The third-order valence-corrected chi connectivity index (χ3v) is 2.85. The number of hydrogen-bond donors (Lipinski definition) is 2. The second-order valence-electron chi connectivity index (χ2n) is 2.53. The highest BCUT2D eigenvalue weighted by atomic mass is 79.9. The molecule has 0 radical (unpaired) electrons. The van der Waals surface area contributed by atoms with Crippen LogP contribution in [0.25, 0.3) is 0 Å². The summed E-state index contributed by atoms with van der Waals surface area (Å²) in [4.78, 5) is 0. The number of rotatable bonds is 2. The van der Waals surface area contributed by atoms with Crippen molar-refractivity contribution in [3.8, 4) is 0 Å². The van der Waals surface area contributed by atoms with E-state index in [0.29, 0.717) is 11.6 Å². The summed E-state index contributed by atoms with van der Waals surface area (Å²) in [5.74, 6) is 0. The van der Waals surface area contributed by atoms with Gasteiger partial charge in [-0.3, -0.25) is 0 Å². The van der Waals surface area contributed by atoms with Gasteiger partial charge < -0.3 is 5.21 Å². The van der Waals surface area contributed by atoms with Crippen LogP contribution in [0.5, 0.6) is 0 Å². The average molecular weight is 251 g/mol. The molecule has 0 fully saturated rings.